The second-order valence-corrected chi connectivity index (χ2v) is 2.69. The van der Waals surface area contributed by atoms with Crippen LogP contribution in [0.25, 0.3) is 5.57 Å². The van der Waals surface area contributed by atoms with Crippen molar-refractivity contribution in [1.29, 1.82) is 0 Å². The van der Waals surface area contributed by atoms with Crippen molar-refractivity contribution in [2.45, 2.75) is 6.92 Å². The van der Waals surface area contributed by atoms with E-state index in [2.05, 4.69) is 23.4 Å². The van der Waals surface area contributed by atoms with Crippen LogP contribution in [0.5, 0.6) is 0 Å². The summed E-state index contributed by atoms with van der Waals surface area (Å²) in [5.41, 5.74) is 2.96. The van der Waals surface area contributed by atoms with Crippen LogP contribution in [0.15, 0.2) is 43.3 Å². The average molecular weight is 160 g/mol. The fourth-order valence-electron chi connectivity index (χ4n) is 0.766. The minimum absolute atomic E-state index is 0.937. The molecule has 2 heteroatoms. The summed E-state index contributed by atoms with van der Waals surface area (Å²) < 4.78 is 0. The highest BCUT2D eigenvalue weighted by Gasteiger charge is 1.93. The van der Waals surface area contributed by atoms with E-state index in [0.29, 0.717) is 0 Å². The lowest BCUT2D eigenvalue weighted by Gasteiger charge is -1.92. The predicted octanol–water partition coefficient (Wildman–Crippen LogP) is 2.56. The van der Waals surface area contributed by atoms with E-state index in [4.69, 9.17) is 0 Å². The molecule has 0 spiro atoms. The van der Waals surface area contributed by atoms with Crippen molar-refractivity contribution in [1.82, 2.24) is 10.2 Å². The fraction of sp³-hybridized carbons (Fsp3) is 0.100. The first kappa shape index (κ1) is 8.53. The van der Waals surface area contributed by atoms with Crippen molar-refractivity contribution in [3.8, 4) is 0 Å². The molecule has 2 nitrogen and oxygen atoms in total. The van der Waals surface area contributed by atoms with Crippen LogP contribution in [0.2, 0.25) is 0 Å². The Bertz CT molecular complexity index is 305. The molecule has 0 bridgehead atoms. The minimum Gasteiger partial charge on any atom is -0.285 e. The molecule has 0 aliphatic heterocycles. The Labute approximate surface area is 72.3 Å². The number of H-pyrrole nitrogens is 1. The largest absolute Gasteiger partial charge is 0.285 e. The number of hydrogen-bond donors (Lipinski definition) is 1. The second kappa shape index (κ2) is 3.72. The van der Waals surface area contributed by atoms with Crippen molar-refractivity contribution in [2.75, 3.05) is 0 Å². The average Bonchev–Trinajstić information content (AvgIpc) is 2.51. The zero-order valence-corrected chi connectivity index (χ0v) is 7.17. The summed E-state index contributed by atoms with van der Waals surface area (Å²) in [5, 5.41) is 6.56. The van der Waals surface area contributed by atoms with Gasteiger partial charge in [0, 0.05) is 11.8 Å². The molecule has 0 fully saturated rings. The van der Waals surface area contributed by atoms with Crippen molar-refractivity contribution in [3.05, 3.63) is 48.8 Å². The third-order valence-electron chi connectivity index (χ3n) is 1.44. The number of rotatable bonds is 3. The Morgan fingerprint density at radius 1 is 1.50 bits per heavy atom. The summed E-state index contributed by atoms with van der Waals surface area (Å²) in [5.74, 6) is 0. The first-order valence-electron chi connectivity index (χ1n) is 3.72. The van der Waals surface area contributed by atoms with Crippen LogP contribution in [0.1, 0.15) is 12.5 Å². The topological polar surface area (TPSA) is 28.7 Å². The molecular weight excluding hydrogens is 148 g/mol. The van der Waals surface area contributed by atoms with Gasteiger partial charge in [0.15, 0.2) is 0 Å². The molecule has 0 atom stereocenters. The molecule has 1 aromatic heterocycles. The van der Waals surface area contributed by atoms with Gasteiger partial charge >= 0.3 is 0 Å². The number of aromatic nitrogens is 2. The quantitative estimate of drug-likeness (QED) is 0.676. The molecule has 0 unspecified atom stereocenters. The molecule has 0 amide bonds. The van der Waals surface area contributed by atoms with Gasteiger partial charge in [-0.2, -0.15) is 5.10 Å². The van der Waals surface area contributed by atoms with E-state index in [1.165, 1.54) is 0 Å². The van der Waals surface area contributed by atoms with E-state index in [9.17, 15) is 0 Å². The summed E-state index contributed by atoms with van der Waals surface area (Å²) in [6, 6.07) is 0. The molecule has 1 rings (SSSR count). The Morgan fingerprint density at radius 3 is 2.75 bits per heavy atom. The molecule has 0 aliphatic carbocycles. The number of allylic oxidation sites excluding steroid dienone is 4. The Balaban J connectivity index is 2.68. The maximum Gasteiger partial charge on any atom is 0.0565 e. The fourth-order valence-corrected chi connectivity index (χ4v) is 0.766. The minimum atomic E-state index is 0.937. The number of nitrogens with zero attached hydrogens (tertiary/aromatic N) is 1. The van der Waals surface area contributed by atoms with E-state index >= 15 is 0 Å². The molecule has 0 radical (unpaired) electrons. The molecule has 0 saturated heterocycles. The lowest BCUT2D eigenvalue weighted by Crippen LogP contribution is -1.72. The Morgan fingerprint density at radius 2 is 2.25 bits per heavy atom. The van der Waals surface area contributed by atoms with Crippen LogP contribution < -0.4 is 0 Å². The Hall–Kier alpha value is -1.57. The van der Waals surface area contributed by atoms with Crippen LogP contribution in [0.3, 0.4) is 0 Å². The second-order valence-electron chi connectivity index (χ2n) is 2.69. The lowest BCUT2D eigenvalue weighted by atomic mass is 10.1. The number of aromatic amines is 1. The third kappa shape index (κ3) is 2.23. The molecular formula is C10H12N2. The first-order chi connectivity index (χ1) is 5.70. The van der Waals surface area contributed by atoms with E-state index in [0.717, 1.165) is 16.7 Å². The lowest BCUT2D eigenvalue weighted by molar-refractivity contribution is 1.09. The maximum atomic E-state index is 3.88. The van der Waals surface area contributed by atoms with Gasteiger partial charge in [-0.1, -0.05) is 30.9 Å². The molecule has 1 heterocycles. The molecule has 62 valence electrons. The van der Waals surface area contributed by atoms with Gasteiger partial charge in [0.25, 0.3) is 0 Å². The van der Waals surface area contributed by atoms with Gasteiger partial charge in [0.1, 0.15) is 0 Å². The Kier molecular flexibility index (Phi) is 2.64. The van der Waals surface area contributed by atoms with Crippen LogP contribution in [-0.2, 0) is 0 Å². The van der Waals surface area contributed by atoms with Gasteiger partial charge in [-0.15, -0.1) is 0 Å². The van der Waals surface area contributed by atoms with Crippen LogP contribution in [-0.4, -0.2) is 10.2 Å². The number of nitrogens with one attached hydrogen (secondary N) is 1. The SMILES string of the molecule is C=C(C)/C=C\C(=C)c1cn[nH]c1. The summed E-state index contributed by atoms with van der Waals surface area (Å²) >= 11 is 0. The van der Waals surface area contributed by atoms with Crippen molar-refractivity contribution >= 4 is 5.57 Å². The summed E-state index contributed by atoms with van der Waals surface area (Å²) in [4.78, 5) is 0. The third-order valence-corrected chi connectivity index (χ3v) is 1.44. The van der Waals surface area contributed by atoms with E-state index in [-0.39, 0.29) is 0 Å². The highest BCUT2D eigenvalue weighted by atomic mass is 15.1. The van der Waals surface area contributed by atoms with Gasteiger partial charge in [0.2, 0.25) is 0 Å². The highest BCUT2D eigenvalue weighted by Crippen LogP contribution is 2.11. The maximum absolute atomic E-state index is 3.88. The van der Waals surface area contributed by atoms with Gasteiger partial charge < -0.3 is 0 Å². The highest BCUT2D eigenvalue weighted by molar-refractivity contribution is 5.71. The summed E-state index contributed by atoms with van der Waals surface area (Å²) in [7, 11) is 0. The molecule has 0 aromatic carbocycles. The van der Waals surface area contributed by atoms with Crippen molar-refractivity contribution in [3.63, 3.8) is 0 Å². The summed E-state index contributed by atoms with van der Waals surface area (Å²) in [6.07, 6.45) is 7.40. The standard InChI is InChI=1S/C10H12N2/c1-8(2)4-5-9(3)10-6-11-12-7-10/h4-7H,1,3H2,2H3,(H,11,12)/b5-4-. The van der Waals surface area contributed by atoms with E-state index in [1.54, 1.807) is 6.20 Å². The van der Waals surface area contributed by atoms with Crippen molar-refractivity contribution < 1.29 is 0 Å². The zero-order valence-electron chi connectivity index (χ0n) is 7.17. The monoisotopic (exact) mass is 160 g/mol. The van der Waals surface area contributed by atoms with E-state index < -0.39 is 0 Å². The molecule has 0 saturated carbocycles. The molecule has 12 heavy (non-hydrogen) atoms. The van der Waals surface area contributed by atoms with Crippen LogP contribution >= 0.6 is 0 Å². The van der Waals surface area contributed by atoms with Crippen LogP contribution in [0.4, 0.5) is 0 Å². The first-order valence-corrected chi connectivity index (χ1v) is 3.72. The van der Waals surface area contributed by atoms with Gasteiger partial charge in [-0.25, -0.2) is 0 Å². The van der Waals surface area contributed by atoms with Gasteiger partial charge in [-0.3, -0.25) is 5.10 Å². The van der Waals surface area contributed by atoms with E-state index in [1.807, 2.05) is 25.3 Å². The molecule has 0 aliphatic rings. The zero-order chi connectivity index (χ0) is 8.97. The normalized spacial score (nSPS) is 10.4. The van der Waals surface area contributed by atoms with Crippen molar-refractivity contribution in [2.24, 2.45) is 0 Å². The van der Waals surface area contributed by atoms with Crippen LogP contribution in [0, 0.1) is 0 Å². The molecule has 1 N–H and O–H groups in total. The number of hydrogen-bond acceptors (Lipinski definition) is 1. The predicted molar refractivity (Wildman–Crippen MR) is 51.6 cm³/mol. The van der Waals surface area contributed by atoms with Gasteiger partial charge in [-0.05, 0) is 12.5 Å². The van der Waals surface area contributed by atoms with Gasteiger partial charge in [0.05, 0.1) is 6.20 Å². The summed E-state index contributed by atoms with van der Waals surface area (Å²) in [6.45, 7) is 9.58. The molecule has 1 aromatic rings. The smallest absolute Gasteiger partial charge is 0.0565 e.